The number of nitrogens with one attached hydrogen (secondary N) is 2. The fraction of sp³-hybridized carbons (Fsp3) is 0.923. The van der Waals surface area contributed by atoms with Gasteiger partial charge in [0.05, 0.1) is 6.54 Å². The van der Waals surface area contributed by atoms with E-state index in [2.05, 4.69) is 15.5 Å². The minimum Gasteiger partial charge on any atom is -0.350 e. The summed E-state index contributed by atoms with van der Waals surface area (Å²) in [5.41, 5.74) is -0.131. The van der Waals surface area contributed by atoms with Crippen molar-refractivity contribution >= 4 is 5.91 Å². The van der Waals surface area contributed by atoms with E-state index in [1.807, 2.05) is 20.8 Å². The van der Waals surface area contributed by atoms with E-state index in [1.165, 1.54) is 25.9 Å². The van der Waals surface area contributed by atoms with Gasteiger partial charge >= 0.3 is 0 Å². The molecule has 17 heavy (non-hydrogen) atoms. The summed E-state index contributed by atoms with van der Waals surface area (Å²) in [6, 6.07) is 0.517. The topological polar surface area (TPSA) is 44.4 Å². The summed E-state index contributed by atoms with van der Waals surface area (Å²) in [4.78, 5) is 14.2. The Hall–Kier alpha value is -0.610. The molecule has 3 aliphatic rings. The Labute approximate surface area is 104 Å². The standard InChI is InChI=1S/C13H25N3O/c1-13(2,3)15-12(17)8-14-11-9-16-6-4-10(11)5-7-16/h10-11,14H,4-9H2,1-3H3,(H,15,17). The predicted molar refractivity (Wildman–Crippen MR) is 68.9 cm³/mol. The molecule has 0 aromatic carbocycles. The molecular weight excluding hydrogens is 214 g/mol. The van der Waals surface area contributed by atoms with Crippen LogP contribution in [0.1, 0.15) is 33.6 Å². The zero-order chi connectivity index (χ0) is 12.5. The molecule has 3 saturated heterocycles. The normalized spacial score (nSPS) is 32.5. The fourth-order valence-corrected chi connectivity index (χ4v) is 2.88. The second-order valence-corrected chi connectivity index (χ2v) is 6.42. The molecule has 0 radical (unpaired) electrons. The average Bonchev–Trinajstić information content (AvgIpc) is 2.26. The number of carbonyl (C=O) groups excluding carboxylic acids is 1. The third-order valence-corrected chi connectivity index (χ3v) is 3.70. The van der Waals surface area contributed by atoms with Crippen LogP contribution >= 0.6 is 0 Å². The van der Waals surface area contributed by atoms with E-state index in [1.54, 1.807) is 0 Å². The van der Waals surface area contributed by atoms with E-state index in [0.29, 0.717) is 12.6 Å². The van der Waals surface area contributed by atoms with Crippen LogP contribution in [0, 0.1) is 5.92 Å². The second-order valence-electron chi connectivity index (χ2n) is 6.42. The molecule has 1 atom stereocenters. The smallest absolute Gasteiger partial charge is 0.234 e. The van der Waals surface area contributed by atoms with Gasteiger partial charge in [-0.3, -0.25) is 4.79 Å². The summed E-state index contributed by atoms with van der Waals surface area (Å²) in [5.74, 6) is 0.886. The molecule has 0 aliphatic carbocycles. The van der Waals surface area contributed by atoms with Crippen LogP contribution in [0.2, 0.25) is 0 Å². The highest BCUT2D eigenvalue weighted by Crippen LogP contribution is 2.27. The molecule has 98 valence electrons. The summed E-state index contributed by atoms with van der Waals surface area (Å²) in [7, 11) is 0. The van der Waals surface area contributed by atoms with Gasteiger partial charge in [0.25, 0.3) is 0 Å². The highest BCUT2D eigenvalue weighted by Gasteiger charge is 2.33. The monoisotopic (exact) mass is 239 g/mol. The van der Waals surface area contributed by atoms with Crippen molar-refractivity contribution in [1.82, 2.24) is 15.5 Å². The SMILES string of the molecule is CC(C)(C)NC(=O)CNC1CN2CCC1CC2. The lowest BCUT2D eigenvalue weighted by Gasteiger charge is -2.45. The van der Waals surface area contributed by atoms with E-state index in [4.69, 9.17) is 0 Å². The van der Waals surface area contributed by atoms with E-state index < -0.39 is 0 Å². The highest BCUT2D eigenvalue weighted by atomic mass is 16.2. The number of hydrogen-bond acceptors (Lipinski definition) is 3. The van der Waals surface area contributed by atoms with Gasteiger partial charge in [-0.05, 0) is 52.6 Å². The van der Waals surface area contributed by atoms with Crippen LogP contribution in [-0.4, -0.2) is 48.6 Å². The first kappa shape index (κ1) is 12.8. The molecule has 0 spiro atoms. The summed E-state index contributed by atoms with van der Waals surface area (Å²) in [6.07, 6.45) is 2.58. The Morgan fingerprint density at radius 2 is 1.94 bits per heavy atom. The van der Waals surface area contributed by atoms with Crippen molar-refractivity contribution < 1.29 is 4.79 Å². The van der Waals surface area contributed by atoms with Crippen LogP contribution in [0.25, 0.3) is 0 Å². The van der Waals surface area contributed by atoms with Gasteiger partial charge in [0.2, 0.25) is 5.91 Å². The summed E-state index contributed by atoms with van der Waals surface area (Å²) >= 11 is 0. The molecule has 0 aromatic heterocycles. The van der Waals surface area contributed by atoms with Crippen LogP contribution in [-0.2, 0) is 4.79 Å². The van der Waals surface area contributed by atoms with Gasteiger partial charge in [0.15, 0.2) is 0 Å². The van der Waals surface area contributed by atoms with Crippen molar-refractivity contribution in [2.45, 2.75) is 45.2 Å². The molecule has 2 N–H and O–H groups in total. The van der Waals surface area contributed by atoms with E-state index in [0.717, 1.165) is 12.5 Å². The molecule has 4 nitrogen and oxygen atoms in total. The lowest BCUT2D eigenvalue weighted by molar-refractivity contribution is -0.122. The number of piperidine rings is 3. The van der Waals surface area contributed by atoms with Gasteiger partial charge in [-0.1, -0.05) is 0 Å². The maximum Gasteiger partial charge on any atom is 0.234 e. The fourth-order valence-electron chi connectivity index (χ4n) is 2.88. The largest absolute Gasteiger partial charge is 0.350 e. The summed E-state index contributed by atoms with van der Waals surface area (Å²) in [6.45, 7) is 10.1. The molecule has 1 unspecified atom stereocenters. The second kappa shape index (κ2) is 4.94. The van der Waals surface area contributed by atoms with Crippen LogP contribution in [0.15, 0.2) is 0 Å². The van der Waals surface area contributed by atoms with Crippen molar-refractivity contribution in [3.05, 3.63) is 0 Å². The van der Waals surface area contributed by atoms with Crippen LogP contribution in [0.4, 0.5) is 0 Å². The van der Waals surface area contributed by atoms with Gasteiger partial charge in [0, 0.05) is 18.1 Å². The highest BCUT2D eigenvalue weighted by molar-refractivity contribution is 5.78. The molecular formula is C13H25N3O. The number of rotatable bonds is 3. The molecule has 2 bridgehead atoms. The summed E-state index contributed by atoms with van der Waals surface area (Å²) in [5, 5.41) is 6.41. The number of nitrogens with zero attached hydrogens (tertiary/aromatic N) is 1. The molecule has 1 amide bonds. The molecule has 3 rings (SSSR count). The van der Waals surface area contributed by atoms with Crippen molar-refractivity contribution in [2.24, 2.45) is 5.92 Å². The Balaban J connectivity index is 1.73. The first-order chi connectivity index (χ1) is 7.94. The average molecular weight is 239 g/mol. The van der Waals surface area contributed by atoms with Gasteiger partial charge in [-0.2, -0.15) is 0 Å². The molecule has 4 heteroatoms. The number of carbonyl (C=O) groups is 1. The lowest BCUT2D eigenvalue weighted by Crippen LogP contribution is -2.57. The summed E-state index contributed by atoms with van der Waals surface area (Å²) < 4.78 is 0. The Kier molecular flexibility index (Phi) is 3.73. The van der Waals surface area contributed by atoms with Gasteiger partial charge in [-0.15, -0.1) is 0 Å². The lowest BCUT2D eigenvalue weighted by atomic mass is 9.84. The quantitative estimate of drug-likeness (QED) is 0.757. The molecule has 3 aliphatic heterocycles. The number of hydrogen-bond donors (Lipinski definition) is 2. The Morgan fingerprint density at radius 3 is 2.41 bits per heavy atom. The third kappa shape index (κ3) is 3.68. The predicted octanol–water partition coefficient (Wildman–Crippen LogP) is 0.585. The Bertz CT molecular complexity index is 277. The van der Waals surface area contributed by atoms with Crippen molar-refractivity contribution in [3.63, 3.8) is 0 Å². The van der Waals surface area contributed by atoms with Crippen LogP contribution in [0.3, 0.4) is 0 Å². The van der Waals surface area contributed by atoms with Gasteiger partial charge in [-0.25, -0.2) is 0 Å². The minimum atomic E-state index is -0.131. The maximum atomic E-state index is 11.7. The number of amides is 1. The first-order valence-corrected chi connectivity index (χ1v) is 6.71. The zero-order valence-electron chi connectivity index (χ0n) is 11.3. The van der Waals surface area contributed by atoms with Crippen LogP contribution < -0.4 is 10.6 Å². The zero-order valence-corrected chi connectivity index (χ0v) is 11.3. The Morgan fingerprint density at radius 1 is 1.29 bits per heavy atom. The number of fused-ring (bicyclic) bond motifs is 3. The van der Waals surface area contributed by atoms with Gasteiger partial charge < -0.3 is 15.5 Å². The van der Waals surface area contributed by atoms with E-state index >= 15 is 0 Å². The minimum absolute atomic E-state index is 0.106. The molecule has 0 aromatic rings. The maximum absolute atomic E-state index is 11.7. The molecule has 3 heterocycles. The van der Waals surface area contributed by atoms with Crippen molar-refractivity contribution in [1.29, 1.82) is 0 Å². The van der Waals surface area contributed by atoms with E-state index in [-0.39, 0.29) is 11.4 Å². The molecule has 3 fully saturated rings. The van der Waals surface area contributed by atoms with Crippen LogP contribution in [0.5, 0.6) is 0 Å². The molecule has 0 saturated carbocycles. The van der Waals surface area contributed by atoms with E-state index in [9.17, 15) is 4.79 Å². The van der Waals surface area contributed by atoms with Crippen molar-refractivity contribution in [3.8, 4) is 0 Å². The first-order valence-electron chi connectivity index (χ1n) is 6.71. The third-order valence-electron chi connectivity index (χ3n) is 3.70. The van der Waals surface area contributed by atoms with Crippen molar-refractivity contribution in [2.75, 3.05) is 26.2 Å². The van der Waals surface area contributed by atoms with Gasteiger partial charge in [0.1, 0.15) is 0 Å².